The highest BCUT2D eigenvalue weighted by Gasteiger charge is 2.09. The van der Waals surface area contributed by atoms with Gasteiger partial charge in [-0.15, -0.1) is 0 Å². The van der Waals surface area contributed by atoms with Crippen molar-refractivity contribution in [2.45, 2.75) is 0 Å². The minimum Gasteiger partial charge on any atom is -0.491 e. The molecule has 0 spiro atoms. The molecule has 1 rings (SSSR count). The van der Waals surface area contributed by atoms with Crippen LogP contribution in [0, 0.1) is 6.67 Å². The van der Waals surface area contributed by atoms with Gasteiger partial charge in [0, 0.05) is 0 Å². The zero-order chi connectivity index (χ0) is 5.28. The molecule has 7 heavy (non-hydrogen) atoms. The lowest BCUT2D eigenvalue weighted by Gasteiger charge is -1.85. The second-order valence-corrected chi connectivity index (χ2v) is 1.07. The Balaban J connectivity index is 2.64. The van der Waals surface area contributed by atoms with Gasteiger partial charge in [-0.1, -0.05) is 0 Å². The molecular formula is C3H4N2O2. The van der Waals surface area contributed by atoms with Gasteiger partial charge in [0.25, 0.3) is 0 Å². The smallest absolute Gasteiger partial charge is 0.248 e. The van der Waals surface area contributed by atoms with Gasteiger partial charge in [0.2, 0.25) is 18.4 Å². The fourth-order valence-corrected chi connectivity index (χ4v) is 0.268. The monoisotopic (exact) mass is 100 g/mol. The van der Waals surface area contributed by atoms with Crippen LogP contribution >= 0.6 is 0 Å². The van der Waals surface area contributed by atoms with Crippen LogP contribution in [-0.4, -0.2) is 10.2 Å². The maximum Gasteiger partial charge on any atom is 0.248 e. The van der Waals surface area contributed by atoms with E-state index in [0.29, 0.717) is 0 Å². The first-order valence-electron chi connectivity index (χ1n) is 1.70. The highest BCUT2D eigenvalue weighted by molar-refractivity contribution is 5.03. The highest BCUT2D eigenvalue weighted by atomic mass is 16.3. The molecule has 38 valence electrons. The molecule has 0 amide bonds. The molecule has 0 saturated heterocycles. The molecule has 0 aliphatic carbocycles. The molecule has 0 fully saturated rings. The zero-order valence-corrected chi connectivity index (χ0v) is 3.39. The van der Waals surface area contributed by atoms with Gasteiger partial charge in [0.05, 0.1) is 0 Å². The van der Waals surface area contributed by atoms with E-state index < -0.39 is 0 Å². The normalized spacial score (nSPS) is 18.9. The van der Waals surface area contributed by atoms with Crippen LogP contribution < -0.4 is 10.6 Å². The fraction of sp³-hybridized carbons (Fsp3) is 0. The average molecular weight is 100 g/mol. The van der Waals surface area contributed by atoms with Gasteiger partial charge in [-0.25, -0.2) is 0 Å². The molecule has 0 saturated carbocycles. The Morgan fingerprint density at radius 3 is 1.71 bits per heavy atom. The van der Waals surface area contributed by atoms with E-state index in [4.69, 9.17) is 10.2 Å². The van der Waals surface area contributed by atoms with E-state index in [0.717, 1.165) is 0 Å². The summed E-state index contributed by atoms with van der Waals surface area (Å²) in [5.41, 5.74) is 0. The Bertz CT molecular complexity index is 97.5. The minimum absolute atomic E-state index is 0.292. The van der Waals surface area contributed by atoms with Gasteiger partial charge in [-0.3, -0.25) is 0 Å². The summed E-state index contributed by atoms with van der Waals surface area (Å²) in [6, 6.07) is 0. The highest BCUT2D eigenvalue weighted by Crippen LogP contribution is 1.95. The van der Waals surface area contributed by atoms with Crippen molar-refractivity contribution >= 4 is 0 Å². The summed E-state index contributed by atoms with van der Waals surface area (Å²) < 4.78 is 0. The molecule has 1 aliphatic heterocycles. The third kappa shape index (κ3) is 0.534. The Labute approximate surface area is 40.5 Å². The second-order valence-electron chi connectivity index (χ2n) is 1.07. The third-order valence-electron chi connectivity index (χ3n) is 0.586. The Kier molecular flexibility index (Phi) is 0.714. The standard InChI is InChI=1S/C3H4N2O2/c6-2-3(7)5-1-4-2/h4-7H. The van der Waals surface area contributed by atoms with E-state index in [1.165, 1.54) is 0 Å². The minimum atomic E-state index is -0.292. The van der Waals surface area contributed by atoms with Crippen molar-refractivity contribution in [3.05, 3.63) is 18.4 Å². The lowest BCUT2D eigenvalue weighted by atomic mass is 10.8. The quantitative estimate of drug-likeness (QED) is 0.329. The van der Waals surface area contributed by atoms with Crippen molar-refractivity contribution in [3.63, 3.8) is 0 Å². The molecule has 0 atom stereocenters. The molecule has 4 heteroatoms. The van der Waals surface area contributed by atoms with Crippen LogP contribution in [0.4, 0.5) is 0 Å². The topological polar surface area (TPSA) is 64.5 Å². The second kappa shape index (κ2) is 1.22. The van der Waals surface area contributed by atoms with Crippen LogP contribution in [0.2, 0.25) is 0 Å². The fourth-order valence-electron chi connectivity index (χ4n) is 0.268. The van der Waals surface area contributed by atoms with E-state index in [9.17, 15) is 0 Å². The summed E-state index contributed by atoms with van der Waals surface area (Å²) in [6.07, 6.45) is 0. The lowest BCUT2D eigenvalue weighted by Crippen LogP contribution is -2.06. The number of hydrogen-bond acceptors (Lipinski definition) is 4. The van der Waals surface area contributed by atoms with E-state index in [-0.39, 0.29) is 11.8 Å². The Morgan fingerprint density at radius 2 is 1.57 bits per heavy atom. The van der Waals surface area contributed by atoms with Crippen LogP contribution in [0.3, 0.4) is 0 Å². The van der Waals surface area contributed by atoms with Gasteiger partial charge < -0.3 is 20.8 Å². The summed E-state index contributed by atoms with van der Waals surface area (Å²) in [5, 5.41) is 21.2. The predicted molar refractivity (Wildman–Crippen MR) is 21.8 cm³/mol. The van der Waals surface area contributed by atoms with Gasteiger partial charge >= 0.3 is 0 Å². The molecule has 2 radical (unpaired) electrons. The van der Waals surface area contributed by atoms with Crippen LogP contribution in [0.5, 0.6) is 0 Å². The number of hydrogen-bond donors (Lipinski definition) is 4. The largest absolute Gasteiger partial charge is 0.491 e. The molecule has 0 unspecified atom stereocenters. The third-order valence-corrected chi connectivity index (χ3v) is 0.586. The van der Waals surface area contributed by atoms with Crippen molar-refractivity contribution in [1.29, 1.82) is 0 Å². The van der Waals surface area contributed by atoms with Crippen LogP contribution in [-0.2, 0) is 0 Å². The van der Waals surface area contributed by atoms with Gasteiger partial charge in [-0.2, -0.15) is 0 Å². The summed E-state index contributed by atoms with van der Waals surface area (Å²) in [4.78, 5) is 0. The molecule has 0 bridgehead atoms. The summed E-state index contributed by atoms with van der Waals surface area (Å²) >= 11 is 0. The first kappa shape index (κ1) is 4.11. The van der Waals surface area contributed by atoms with Gasteiger partial charge in [0.1, 0.15) is 0 Å². The van der Waals surface area contributed by atoms with Crippen LogP contribution in [0.15, 0.2) is 11.8 Å². The predicted octanol–water partition coefficient (Wildman–Crippen LogP) is -0.582. The maximum absolute atomic E-state index is 8.39. The number of aliphatic hydroxyl groups is 2. The van der Waals surface area contributed by atoms with E-state index in [1.54, 1.807) is 0 Å². The van der Waals surface area contributed by atoms with Crippen molar-refractivity contribution in [1.82, 2.24) is 10.6 Å². The maximum atomic E-state index is 8.39. The van der Waals surface area contributed by atoms with Gasteiger partial charge in [0.15, 0.2) is 0 Å². The van der Waals surface area contributed by atoms with E-state index in [2.05, 4.69) is 17.3 Å². The number of aliphatic hydroxyl groups excluding tert-OH is 2. The van der Waals surface area contributed by atoms with E-state index >= 15 is 0 Å². The van der Waals surface area contributed by atoms with Crippen molar-refractivity contribution in [2.24, 2.45) is 0 Å². The molecular weight excluding hydrogens is 96.0 g/mol. The van der Waals surface area contributed by atoms with Crippen LogP contribution in [0.1, 0.15) is 0 Å². The number of rotatable bonds is 0. The first-order chi connectivity index (χ1) is 3.30. The number of nitrogens with one attached hydrogen (secondary N) is 2. The summed E-state index contributed by atoms with van der Waals surface area (Å²) in [5.74, 6) is -0.583. The molecule has 4 nitrogen and oxygen atoms in total. The SMILES string of the molecule is OC1=C(O)N[C]N1. The Hall–Kier alpha value is -1.06. The van der Waals surface area contributed by atoms with Crippen molar-refractivity contribution < 1.29 is 10.2 Å². The summed E-state index contributed by atoms with van der Waals surface area (Å²) in [6.45, 7) is 2.25. The molecule has 0 aromatic heterocycles. The molecule has 4 N–H and O–H groups in total. The van der Waals surface area contributed by atoms with Crippen molar-refractivity contribution in [3.8, 4) is 0 Å². The lowest BCUT2D eigenvalue weighted by molar-refractivity contribution is 0.313. The van der Waals surface area contributed by atoms with E-state index in [1.807, 2.05) is 0 Å². The first-order valence-corrected chi connectivity index (χ1v) is 1.70. The molecule has 1 aliphatic rings. The molecule has 0 aromatic carbocycles. The van der Waals surface area contributed by atoms with Crippen LogP contribution in [0.25, 0.3) is 0 Å². The molecule has 1 heterocycles. The summed E-state index contributed by atoms with van der Waals surface area (Å²) in [7, 11) is 0. The van der Waals surface area contributed by atoms with Crippen molar-refractivity contribution in [2.75, 3.05) is 0 Å². The van der Waals surface area contributed by atoms with Gasteiger partial charge in [-0.05, 0) is 0 Å². The Morgan fingerprint density at radius 1 is 1.14 bits per heavy atom. The zero-order valence-electron chi connectivity index (χ0n) is 3.39. The average Bonchev–Trinajstić information content (AvgIpc) is 1.91. The molecule has 0 aromatic rings.